The molecule has 27 heavy (non-hydrogen) atoms. The minimum absolute atomic E-state index is 0.361. The van der Waals surface area contributed by atoms with Gasteiger partial charge in [-0.05, 0) is 56.8 Å². The molecule has 4 rings (SSSR count). The Labute approximate surface area is 160 Å². The van der Waals surface area contributed by atoms with Gasteiger partial charge in [-0.2, -0.15) is 4.52 Å². The van der Waals surface area contributed by atoms with E-state index in [9.17, 15) is 8.42 Å². The van der Waals surface area contributed by atoms with Gasteiger partial charge in [0.15, 0.2) is 11.5 Å². The Bertz CT molecular complexity index is 888. The monoisotopic (exact) mass is 392 g/mol. The van der Waals surface area contributed by atoms with Crippen LogP contribution in [0.3, 0.4) is 0 Å². The fraction of sp³-hybridized carbons (Fsp3) is 0.722. The molecular weight excluding hydrogens is 364 g/mol. The molecule has 0 spiro atoms. The molecule has 2 aliphatic heterocycles. The van der Waals surface area contributed by atoms with Crippen molar-refractivity contribution in [2.45, 2.75) is 31.6 Å². The van der Waals surface area contributed by atoms with E-state index < -0.39 is 9.84 Å². The minimum Gasteiger partial charge on any atom is -0.361 e. The summed E-state index contributed by atoms with van der Waals surface area (Å²) < 4.78 is 25.1. The lowest BCUT2D eigenvalue weighted by Crippen LogP contribution is -2.39. The number of likely N-dealkylation sites (tertiary alicyclic amines) is 1. The van der Waals surface area contributed by atoms with Gasteiger partial charge in [0.25, 0.3) is 0 Å². The third-order valence-corrected chi connectivity index (χ3v) is 7.59. The predicted molar refractivity (Wildman–Crippen MR) is 105 cm³/mol. The second-order valence-corrected chi connectivity index (χ2v) is 10.4. The smallest absolute Gasteiger partial charge is 0.178 e. The highest BCUT2D eigenvalue weighted by Gasteiger charge is 2.29. The van der Waals surface area contributed by atoms with Crippen LogP contribution in [0.1, 0.15) is 37.4 Å². The van der Waals surface area contributed by atoms with Crippen LogP contribution in [-0.4, -0.2) is 78.4 Å². The normalized spacial score (nSPS) is 22.3. The minimum atomic E-state index is -2.77. The number of rotatable bonds is 4. The van der Waals surface area contributed by atoms with Crippen LogP contribution in [0.15, 0.2) is 12.1 Å². The second-order valence-electron chi connectivity index (χ2n) is 8.08. The van der Waals surface area contributed by atoms with Crippen molar-refractivity contribution in [1.29, 1.82) is 0 Å². The number of hydrogen-bond acceptors (Lipinski definition) is 7. The van der Waals surface area contributed by atoms with Crippen molar-refractivity contribution in [3.05, 3.63) is 18.0 Å². The molecule has 2 fully saturated rings. The SMILES string of the molecule is CN(C)c1ccc2nnc(C3CCN(CC4CCS(=O)(=O)CC4)CC3)n2n1. The number of sulfone groups is 1. The van der Waals surface area contributed by atoms with Gasteiger partial charge in [-0.25, -0.2) is 8.42 Å². The second kappa shape index (κ2) is 7.35. The average molecular weight is 393 g/mol. The quantitative estimate of drug-likeness (QED) is 0.773. The van der Waals surface area contributed by atoms with E-state index in [0.29, 0.717) is 23.3 Å². The maximum absolute atomic E-state index is 11.6. The zero-order valence-electron chi connectivity index (χ0n) is 16.1. The standard InChI is InChI=1S/C18H28N6O2S/c1-22(2)17-4-3-16-19-20-18(24(16)21-17)15-5-9-23(10-6-15)13-14-7-11-27(25,26)12-8-14/h3-4,14-15H,5-13H2,1-2H3. The van der Waals surface area contributed by atoms with Crippen molar-refractivity contribution >= 4 is 21.3 Å². The predicted octanol–water partition coefficient (Wildman–Crippen LogP) is 1.19. The first-order valence-corrected chi connectivity index (χ1v) is 11.6. The Morgan fingerprint density at radius 3 is 2.44 bits per heavy atom. The van der Waals surface area contributed by atoms with E-state index in [1.54, 1.807) is 0 Å². The van der Waals surface area contributed by atoms with Gasteiger partial charge < -0.3 is 9.80 Å². The summed E-state index contributed by atoms with van der Waals surface area (Å²) in [4.78, 5) is 4.47. The summed E-state index contributed by atoms with van der Waals surface area (Å²) in [5.41, 5.74) is 0.793. The average Bonchev–Trinajstić information content (AvgIpc) is 3.07. The fourth-order valence-corrected chi connectivity index (χ4v) is 5.74. The van der Waals surface area contributed by atoms with E-state index in [1.807, 2.05) is 35.6 Å². The number of nitrogens with zero attached hydrogens (tertiary/aromatic N) is 6. The third kappa shape index (κ3) is 4.08. The molecule has 2 aromatic heterocycles. The maximum atomic E-state index is 11.6. The molecule has 148 valence electrons. The van der Waals surface area contributed by atoms with Crippen LogP contribution in [0.4, 0.5) is 5.82 Å². The van der Waals surface area contributed by atoms with Gasteiger partial charge in [-0.1, -0.05) is 0 Å². The first kappa shape index (κ1) is 18.6. The maximum Gasteiger partial charge on any atom is 0.178 e. The van der Waals surface area contributed by atoms with Gasteiger partial charge in [0.05, 0.1) is 11.5 Å². The molecule has 0 unspecified atom stereocenters. The summed E-state index contributed by atoms with van der Waals surface area (Å²) in [6.07, 6.45) is 3.71. The molecule has 2 saturated heterocycles. The first-order chi connectivity index (χ1) is 12.9. The fourth-order valence-electron chi connectivity index (χ4n) is 4.15. The Hall–Kier alpha value is -1.74. The molecule has 0 amide bonds. The van der Waals surface area contributed by atoms with E-state index in [-0.39, 0.29) is 0 Å². The van der Waals surface area contributed by atoms with E-state index in [1.165, 1.54) is 0 Å². The highest BCUT2D eigenvalue weighted by Crippen LogP contribution is 2.29. The van der Waals surface area contributed by atoms with Crippen LogP contribution in [0, 0.1) is 5.92 Å². The van der Waals surface area contributed by atoms with Crippen LogP contribution >= 0.6 is 0 Å². The largest absolute Gasteiger partial charge is 0.361 e. The zero-order valence-corrected chi connectivity index (χ0v) is 16.9. The lowest BCUT2D eigenvalue weighted by atomic mass is 9.94. The highest BCUT2D eigenvalue weighted by molar-refractivity contribution is 7.91. The van der Waals surface area contributed by atoms with E-state index in [2.05, 4.69) is 20.2 Å². The molecule has 0 radical (unpaired) electrons. The molecule has 9 heteroatoms. The lowest BCUT2D eigenvalue weighted by Gasteiger charge is -2.34. The van der Waals surface area contributed by atoms with Gasteiger partial charge >= 0.3 is 0 Å². The van der Waals surface area contributed by atoms with Crippen LogP contribution < -0.4 is 4.90 Å². The van der Waals surface area contributed by atoms with Crippen molar-refractivity contribution in [2.24, 2.45) is 5.92 Å². The van der Waals surface area contributed by atoms with Crippen molar-refractivity contribution in [2.75, 3.05) is 50.1 Å². The van der Waals surface area contributed by atoms with E-state index >= 15 is 0 Å². The van der Waals surface area contributed by atoms with Crippen molar-refractivity contribution < 1.29 is 8.42 Å². The summed E-state index contributed by atoms with van der Waals surface area (Å²) in [6, 6.07) is 3.92. The molecule has 4 heterocycles. The van der Waals surface area contributed by atoms with Crippen LogP contribution in [0.25, 0.3) is 5.65 Å². The van der Waals surface area contributed by atoms with Gasteiger partial charge in [0, 0.05) is 26.6 Å². The molecule has 0 bridgehead atoms. The topological polar surface area (TPSA) is 83.7 Å². The Kier molecular flexibility index (Phi) is 5.07. The van der Waals surface area contributed by atoms with Gasteiger partial charge in [0.1, 0.15) is 15.7 Å². The molecule has 8 nitrogen and oxygen atoms in total. The van der Waals surface area contributed by atoms with Crippen LogP contribution in [0.5, 0.6) is 0 Å². The summed E-state index contributed by atoms with van der Waals surface area (Å²) >= 11 is 0. The van der Waals surface area contributed by atoms with E-state index in [4.69, 9.17) is 0 Å². The molecule has 2 aromatic rings. The van der Waals surface area contributed by atoms with Crippen molar-refractivity contribution in [3.8, 4) is 0 Å². The van der Waals surface area contributed by atoms with Crippen LogP contribution in [-0.2, 0) is 9.84 Å². The molecule has 0 saturated carbocycles. The number of anilines is 1. The molecular formula is C18H28N6O2S. The summed E-state index contributed by atoms with van der Waals surface area (Å²) in [5, 5.41) is 13.4. The van der Waals surface area contributed by atoms with E-state index in [0.717, 1.165) is 62.6 Å². The summed E-state index contributed by atoms with van der Waals surface area (Å²) in [6.45, 7) is 3.07. The van der Waals surface area contributed by atoms with Crippen molar-refractivity contribution in [3.63, 3.8) is 0 Å². The molecule has 2 aliphatic rings. The number of hydrogen-bond donors (Lipinski definition) is 0. The van der Waals surface area contributed by atoms with Crippen molar-refractivity contribution in [1.82, 2.24) is 24.7 Å². The summed E-state index contributed by atoms with van der Waals surface area (Å²) in [7, 11) is 1.19. The summed E-state index contributed by atoms with van der Waals surface area (Å²) in [5.74, 6) is 3.46. The zero-order chi connectivity index (χ0) is 19.0. The molecule has 0 aliphatic carbocycles. The third-order valence-electron chi connectivity index (χ3n) is 5.87. The molecule has 0 atom stereocenters. The number of aromatic nitrogens is 4. The van der Waals surface area contributed by atoms with Gasteiger partial charge in [0.2, 0.25) is 0 Å². The number of piperidine rings is 1. The highest BCUT2D eigenvalue weighted by atomic mass is 32.2. The molecule has 0 N–H and O–H groups in total. The van der Waals surface area contributed by atoms with Gasteiger partial charge in [-0.3, -0.25) is 0 Å². The Morgan fingerprint density at radius 2 is 1.78 bits per heavy atom. The number of fused-ring (bicyclic) bond motifs is 1. The van der Waals surface area contributed by atoms with Gasteiger partial charge in [-0.15, -0.1) is 15.3 Å². The molecule has 0 aromatic carbocycles. The van der Waals surface area contributed by atoms with Crippen LogP contribution in [0.2, 0.25) is 0 Å². The Morgan fingerprint density at radius 1 is 1.07 bits per heavy atom. The Balaban J connectivity index is 1.38. The first-order valence-electron chi connectivity index (χ1n) is 9.74. The lowest BCUT2D eigenvalue weighted by molar-refractivity contribution is 0.174.